The average Bonchev–Trinajstić information content (AvgIpc) is 2.94. The van der Waals surface area contributed by atoms with Crippen LogP contribution in [0.1, 0.15) is 91.4 Å². The quantitative estimate of drug-likeness (QED) is 0.168. The van der Waals surface area contributed by atoms with Gasteiger partial charge >= 0.3 is 5.97 Å². The highest BCUT2D eigenvalue weighted by atomic mass is 17.2. The molecule has 2 heterocycles. The summed E-state index contributed by atoms with van der Waals surface area (Å²) in [6, 6.07) is 0. The molecule has 0 aromatic rings. The number of carbonyl (C=O) groups excluding carboxylic acids is 1. The zero-order valence-electron chi connectivity index (χ0n) is 18.0. The van der Waals surface area contributed by atoms with Crippen molar-refractivity contribution in [1.82, 2.24) is 0 Å². The zero-order chi connectivity index (χ0) is 20.3. The van der Waals surface area contributed by atoms with Crippen LogP contribution in [0.4, 0.5) is 0 Å². The van der Waals surface area contributed by atoms with E-state index in [-0.39, 0.29) is 17.7 Å². The van der Waals surface area contributed by atoms with Crippen LogP contribution in [0.15, 0.2) is 36.5 Å². The minimum atomic E-state index is -0.529. The number of allylic oxidation sites excluding steroid dienone is 6. The van der Waals surface area contributed by atoms with Crippen LogP contribution in [0.25, 0.3) is 0 Å². The standard InChI is InChI=1S/C24H38O4/c1-4-5-6-7-8-9-10-11-12-13-14-15-16-17-18-23(2)20-24(3)21(27-28-23)19-22(25)26-24/h5-10,21H,4,11-20H2,1-3H3. The number of ether oxygens (including phenoxy) is 1. The number of hydrogen-bond donors (Lipinski definition) is 0. The van der Waals surface area contributed by atoms with Crippen LogP contribution in [0.5, 0.6) is 0 Å². The van der Waals surface area contributed by atoms with Gasteiger partial charge in [-0.15, -0.1) is 0 Å². The maximum Gasteiger partial charge on any atom is 0.309 e. The molecule has 0 amide bonds. The van der Waals surface area contributed by atoms with Crippen LogP contribution >= 0.6 is 0 Å². The smallest absolute Gasteiger partial charge is 0.309 e. The molecule has 0 radical (unpaired) electrons. The first-order valence-corrected chi connectivity index (χ1v) is 11.0. The fraction of sp³-hybridized carbons (Fsp3) is 0.708. The molecule has 2 aliphatic rings. The van der Waals surface area contributed by atoms with Crippen molar-refractivity contribution < 1.29 is 19.3 Å². The Morgan fingerprint density at radius 1 is 0.964 bits per heavy atom. The van der Waals surface area contributed by atoms with Gasteiger partial charge in [0.05, 0.1) is 6.42 Å². The Morgan fingerprint density at radius 3 is 2.39 bits per heavy atom. The second-order valence-corrected chi connectivity index (χ2v) is 8.60. The SMILES string of the molecule is CCC=CC=CC=CCCCCCCCCC1(C)CC2(C)OC(=O)CC2OO1. The van der Waals surface area contributed by atoms with Gasteiger partial charge in [-0.25, -0.2) is 9.78 Å². The summed E-state index contributed by atoms with van der Waals surface area (Å²) >= 11 is 0. The lowest BCUT2D eigenvalue weighted by Crippen LogP contribution is -2.51. The van der Waals surface area contributed by atoms with Crippen LogP contribution in [0.2, 0.25) is 0 Å². The topological polar surface area (TPSA) is 44.8 Å². The highest BCUT2D eigenvalue weighted by molar-refractivity contribution is 5.73. The molecule has 0 aromatic heterocycles. The number of hydrogen-bond acceptors (Lipinski definition) is 4. The molecule has 0 N–H and O–H groups in total. The van der Waals surface area contributed by atoms with Gasteiger partial charge in [-0.1, -0.05) is 75.5 Å². The van der Waals surface area contributed by atoms with Crippen molar-refractivity contribution in [3.63, 3.8) is 0 Å². The van der Waals surface area contributed by atoms with Crippen molar-refractivity contribution in [1.29, 1.82) is 0 Å². The molecule has 0 aliphatic carbocycles. The normalized spacial score (nSPS) is 30.5. The van der Waals surface area contributed by atoms with Crippen molar-refractivity contribution in [3.8, 4) is 0 Å². The first kappa shape index (κ1) is 22.9. The van der Waals surface area contributed by atoms with Crippen LogP contribution in [-0.4, -0.2) is 23.3 Å². The Bertz CT molecular complexity index is 565. The van der Waals surface area contributed by atoms with Gasteiger partial charge in [-0.3, -0.25) is 4.79 Å². The van der Waals surface area contributed by atoms with E-state index in [1.54, 1.807) is 0 Å². The average molecular weight is 391 g/mol. The van der Waals surface area contributed by atoms with Crippen molar-refractivity contribution in [3.05, 3.63) is 36.5 Å². The summed E-state index contributed by atoms with van der Waals surface area (Å²) in [5.74, 6) is -0.181. The minimum Gasteiger partial charge on any atom is -0.456 e. The molecule has 0 aromatic carbocycles. The van der Waals surface area contributed by atoms with E-state index in [2.05, 4.69) is 50.3 Å². The number of esters is 1. The predicted octanol–water partition coefficient (Wildman–Crippen LogP) is 6.37. The van der Waals surface area contributed by atoms with Gasteiger partial charge in [-0.05, 0) is 39.5 Å². The zero-order valence-corrected chi connectivity index (χ0v) is 18.0. The molecule has 0 spiro atoms. The molecule has 2 fully saturated rings. The third-order valence-electron chi connectivity index (χ3n) is 5.64. The molecule has 3 unspecified atom stereocenters. The van der Waals surface area contributed by atoms with E-state index in [1.165, 1.54) is 32.1 Å². The first-order chi connectivity index (χ1) is 13.5. The van der Waals surface area contributed by atoms with Gasteiger partial charge in [0.25, 0.3) is 0 Å². The molecule has 2 rings (SSSR count). The van der Waals surface area contributed by atoms with Crippen LogP contribution < -0.4 is 0 Å². The lowest BCUT2D eigenvalue weighted by atomic mass is 9.82. The van der Waals surface area contributed by atoms with Crippen molar-refractivity contribution in [2.45, 2.75) is 109 Å². The van der Waals surface area contributed by atoms with Gasteiger partial charge in [0, 0.05) is 6.42 Å². The number of fused-ring (bicyclic) bond motifs is 1. The minimum absolute atomic E-state index is 0.181. The van der Waals surface area contributed by atoms with Crippen LogP contribution in [0.3, 0.4) is 0 Å². The molecule has 2 saturated heterocycles. The van der Waals surface area contributed by atoms with E-state index in [4.69, 9.17) is 14.5 Å². The Morgan fingerprint density at radius 2 is 1.64 bits per heavy atom. The predicted molar refractivity (Wildman–Crippen MR) is 113 cm³/mol. The Kier molecular flexibility index (Phi) is 9.46. The molecule has 0 saturated carbocycles. The van der Waals surface area contributed by atoms with Crippen molar-refractivity contribution in [2.75, 3.05) is 0 Å². The highest BCUT2D eigenvalue weighted by Crippen LogP contribution is 2.44. The van der Waals surface area contributed by atoms with E-state index in [0.717, 1.165) is 25.7 Å². The Hall–Kier alpha value is -1.39. The van der Waals surface area contributed by atoms with E-state index >= 15 is 0 Å². The van der Waals surface area contributed by atoms with E-state index < -0.39 is 5.60 Å². The molecular weight excluding hydrogens is 352 g/mol. The number of carbonyl (C=O) groups is 1. The van der Waals surface area contributed by atoms with E-state index in [0.29, 0.717) is 12.8 Å². The van der Waals surface area contributed by atoms with Crippen LogP contribution in [0, 0.1) is 0 Å². The molecule has 0 bridgehead atoms. The largest absolute Gasteiger partial charge is 0.456 e. The highest BCUT2D eigenvalue weighted by Gasteiger charge is 2.55. The maximum absolute atomic E-state index is 11.6. The van der Waals surface area contributed by atoms with E-state index in [1.807, 2.05) is 6.92 Å². The van der Waals surface area contributed by atoms with Gasteiger partial charge in [0.1, 0.15) is 17.3 Å². The summed E-state index contributed by atoms with van der Waals surface area (Å²) in [5, 5.41) is 0. The van der Waals surface area contributed by atoms with Crippen LogP contribution in [-0.2, 0) is 19.3 Å². The third-order valence-corrected chi connectivity index (χ3v) is 5.64. The summed E-state index contributed by atoms with van der Waals surface area (Å²) in [6.45, 7) is 6.18. The van der Waals surface area contributed by atoms with Gasteiger partial charge < -0.3 is 4.74 Å². The fourth-order valence-corrected chi connectivity index (χ4v) is 4.08. The second kappa shape index (κ2) is 11.6. The summed E-state index contributed by atoms with van der Waals surface area (Å²) in [6.07, 6.45) is 24.2. The third kappa shape index (κ3) is 7.56. The first-order valence-electron chi connectivity index (χ1n) is 11.0. The summed E-state index contributed by atoms with van der Waals surface area (Å²) in [5.41, 5.74) is -0.889. The summed E-state index contributed by atoms with van der Waals surface area (Å²) < 4.78 is 5.52. The molecule has 2 aliphatic heterocycles. The molecule has 4 heteroatoms. The van der Waals surface area contributed by atoms with Crippen molar-refractivity contribution >= 4 is 5.97 Å². The summed E-state index contributed by atoms with van der Waals surface area (Å²) in [7, 11) is 0. The Balaban J connectivity index is 1.49. The molecule has 3 atom stereocenters. The fourth-order valence-electron chi connectivity index (χ4n) is 4.08. The molecular formula is C24H38O4. The molecule has 4 nitrogen and oxygen atoms in total. The number of rotatable bonds is 12. The lowest BCUT2D eigenvalue weighted by molar-refractivity contribution is -0.428. The lowest BCUT2D eigenvalue weighted by Gasteiger charge is -2.43. The second-order valence-electron chi connectivity index (χ2n) is 8.60. The Labute approximate surface area is 170 Å². The molecule has 28 heavy (non-hydrogen) atoms. The van der Waals surface area contributed by atoms with Gasteiger partial charge in [-0.2, -0.15) is 0 Å². The number of unbranched alkanes of at least 4 members (excludes halogenated alkanes) is 6. The van der Waals surface area contributed by atoms with Gasteiger partial charge in [0.15, 0.2) is 0 Å². The van der Waals surface area contributed by atoms with E-state index in [9.17, 15) is 4.79 Å². The van der Waals surface area contributed by atoms with Crippen molar-refractivity contribution in [2.24, 2.45) is 0 Å². The maximum atomic E-state index is 11.6. The molecule has 158 valence electrons. The van der Waals surface area contributed by atoms with Gasteiger partial charge in [0.2, 0.25) is 0 Å². The summed E-state index contributed by atoms with van der Waals surface area (Å²) in [4.78, 5) is 22.7. The monoisotopic (exact) mass is 390 g/mol.